The van der Waals surface area contributed by atoms with Crippen LogP contribution in [0.5, 0.6) is 5.75 Å². The van der Waals surface area contributed by atoms with Crippen LogP contribution in [0.1, 0.15) is 13.8 Å². The van der Waals surface area contributed by atoms with E-state index >= 15 is 0 Å². The monoisotopic (exact) mass is 323 g/mol. The Kier molecular flexibility index (Phi) is 5.41. The van der Waals surface area contributed by atoms with Crippen LogP contribution in [0.2, 0.25) is 5.02 Å². The molecule has 7 heteroatoms. The molecule has 0 spiro atoms. The predicted octanol–water partition coefficient (Wildman–Crippen LogP) is 3.10. The third-order valence-corrected chi connectivity index (χ3v) is 3.08. The van der Waals surface area contributed by atoms with Gasteiger partial charge < -0.3 is 14.8 Å². The maximum atomic E-state index is 11.7. The summed E-state index contributed by atoms with van der Waals surface area (Å²) in [6.45, 7) is 3.72. The zero-order chi connectivity index (χ0) is 16.1. The van der Waals surface area contributed by atoms with Crippen LogP contribution in [0, 0.1) is 0 Å². The van der Waals surface area contributed by atoms with Gasteiger partial charge in [0.25, 0.3) is 5.91 Å². The van der Waals surface area contributed by atoms with Crippen LogP contribution in [0.15, 0.2) is 24.3 Å². The van der Waals surface area contributed by atoms with Gasteiger partial charge in [-0.3, -0.25) is 9.89 Å². The molecule has 0 aliphatic rings. The van der Waals surface area contributed by atoms with E-state index in [1.54, 1.807) is 31.4 Å². The molecule has 0 atom stereocenters. The Balaban J connectivity index is 2.11. The molecule has 0 fully saturated rings. The molecule has 0 unspecified atom stereocenters. The number of aromatic amines is 1. The topological polar surface area (TPSA) is 76.2 Å². The van der Waals surface area contributed by atoms with Gasteiger partial charge in [-0.15, -0.1) is 0 Å². The van der Waals surface area contributed by atoms with Gasteiger partial charge in [-0.25, -0.2) is 0 Å². The minimum Gasteiger partial charge on any atom is -0.496 e. The molecule has 1 amide bonds. The van der Waals surface area contributed by atoms with Gasteiger partial charge in [-0.2, -0.15) is 5.10 Å². The highest BCUT2D eigenvalue weighted by atomic mass is 35.5. The van der Waals surface area contributed by atoms with E-state index in [0.29, 0.717) is 22.3 Å². The van der Waals surface area contributed by atoms with Crippen molar-refractivity contribution >= 4 is 23.3 Å². The average molecular weight is 324 g/mol. The van der Waals surface area contributed by atoms with Crippen molar-refractivity contribution in [2.45, 2.75) is 20.0 Å². The highest BCUT2D eigenvalue weighted by molar-refractivity contribution is 6.31. The van der Waals surface area contributed by atoms with E-state index < -0.39 is 0 Å². The number of amides is 1. The molecule has 2 N–H and O–H groups in total. The number of H-pyrrole nitrogens is 1. The molecule has 0 aliphatic heterocycles. The Morgan fingerprint density at radius 1 is 1.41 bits per heavy atom. The molecule has 0 saturated carbocycles. The van der Waals surface area contributed by atoms with Crippen molar-refractivity contribution < 1.29 is 14.3 Å². The number of hydrogen-bond acceptors (Lipinski definition) is 4. The number of halogens is 1. The van der Waals surface area contributed by atoms with Crippen LogP contribution in [0.4, 0.5) is 5.82 Å². The third-order valence-electron chi connectivity index (χ3n) is 2.84. The normalized spacial score (nSPS) is 10.8. The van der Waals surface area contributed by atoms with E-state index in [2.05, 4.69) is 15.5 Å². The minimum absolute atomic E-state index is 0.00350. The number of carbonyl (C=O) groups excluding carboxylic acids is 1. The zero-order valence-corrected chi connectivity index (χ0v) is 13.4. The van der Waals surface area contributed by atoms with Crippen LogP contribution >= 0.6 is 11.6 Å². The molecule has 1 heterocycles. The maximum absolute atomic E-state index is 11.7. The molecule has 0 saturated heterocycles. The number of aromatic nitrogens is 2. The summed E-state index contributed by atoms with van der Waals surface area (Å²) in [6.07, 6.45) is -0.00350. The smallest absolute Gasteiger partial charge is 0.251 e. The van der Waals surface area contributed by atoms with Crippen molar-refractivity contribution in [3.05, 3.63) is 29.3 Å². The lowest BCUT2D eigenvalue weighted by Crippen LogP contribution is -2.20. The SMILES string of the molecule is COc1ccc(Cl)cc1-c1cc(NC(=O)COC(C)C)n[nH]1. The first-order valence-electron chi connectivity index (χ1n) is 6.80. The van der Waals surface area contributed by atoms with Crippen molar-refractivity contribution in [3.63, 3.8) is 0 Å². The summed E-state index contributed by atoms with van der Waals surface area (Å²) in [7, 11) is 1.58. The lowest BCUT2D eigenvalue weighted by molar-refractivity contribution is -0.121. The van der Waals surface area contributed by atoms with Crippen molar-refractivity contribution in [3.8, 4) is 17.0 Å². The van der Waals surface area contributed by atoms with Crippen LogP contribution in [0.25, 0.3) is 11.3 Å². The second-order valence-electron chi connectivity index (χ2n) is 4.92. The van der Waals surface area contributed by atoms with E-state index in [0.717, 1.165) is 5.56 Å². The number of rotatable bonds is 6. The second kappa shape index (κ2) is 7.29. The number of nitrogens with one attached hydrogen (secondary N) is 2. The van der Waals surface area contributed by atoms with Crippen LogP contribution in [0.3, 0.4) is 0 Å². The second-order valence-corrected chi connectivity index (χ2v) is 5.36. The highest BCUT2D eigenvalue weighted by Gasteiger charge is 2.12. The molecule has 0 bridgehead atoms. The van der Waals surface area contributed by atoms with Gasteiger partial charge in [0.2, 0.25) is 0 Å². The predicted molar refractivity (Wildman–Crippen MR) is 85.3 cm³/mol. The molecule has 22 heavy (non-hydrogen) atoms. The van der Waals surface area contributed by atoms with Gasteiger partial charge in [-0.1, -0.05) is 11.6 Å². The van der Waals surface area contributed by atoms with Gasteiger partial charge in [-0.05, 0) is 32.0 Å². The number of methoxy groups -OCH3 is 1. The van der Waals surface area contributed by atoms with Gasteiger partial charge in [0.15, 0.2) is 5.82 Å². The molecule has 6 nitrogen and oxygen atoms in total. The molecular weight excluding hydrogens is 306 g/mol. The van der Waals surface area contributed by atoms with Crippen molar-refractivity contribution in [2.24, 2.45) is 0 Å². The van der Waals surface area contributed by atoms with E-state index in [1.807, 2.05) is 13.8 Å². The third kappa shape index (κ3) is 4.22. The van der Waals surface area contributed by atoms with Crippen molar-refractivity contribution in [2.75, 3.05) is 19.0 Å². The number of carbonyl (C=O) groups is 1. The molecule has 2 aromatic rings. The summed E-state index contributed by atoms with van der Waals surface area (Å²) in [5, 5.41) is 10.1. The first-order valence-corrected chi connectivity index (χ1v) is 7.18. The van der Waals surface area contributed by atoms with Gasteiger partial charge in [0, 0.05) is 16.7 Å². The Morgan fingerprint density at radius 3 is 2.86 bits per heavy atom. The minimum atomic E-state index is -0.259. The lowest BCUT2D eigenvalue weighted by atomic mass is 10.1. The van der Waals surface area contributed by atoms with Gasteiger partial charge in [0.05, 0.1) is 18.9 Å². The van der Waals surface area contributed by atoms with E-state index in [1.165, 1.54) is 0 Å². The first kappa shape index (κ1) is 16.3. The Morgan fingerprint density at radius 2 is 2.18 bits per heavy atom. The molecular formula is C15H18ClN3O3. The number of ether oxygens (including phenoxy) is 2. The lowest BCUT2D eigenvalue weighted by Gasteiger charge is -2.07. The molecule has 118 valence electrons. The van der Waals surface area contributed by atoms with Crippen molar-refractivity contribution in [1.82, 2.24) is 10.2 Å². The molecule has 0 radical (unpaired) electrons. The Hall–Kier alpha value is -2.05. The van der Waals surface area contributed by atoms with Crippen LogP contribution < -0.4 is 10.1 Å². The van der Waals surface area contributed by atoms with E-state index in [-0.39, 0.29) is 18.6 Å². The molecule has 2 rings (SSSR count). The van der Waals surface area contributed by atoms with Crippen LogP contribution in [-0.2, 0) is 9.53 Å². The summed E-state index contributed by atoms with van der Waals surface area (Å²) in [5.41, 5.74) is 1.46. The number of nitrogens with zero attached hydrogens (tertiary/aromatic N) is 1. The van der Waals surface area contributed by atoms with E-state index in [4.69, 9.17) is 21.1 Å². The highest BCUT2D eigenvalue weighted by Crippen LogP contribution is 2.32. The number of benzene rings is 1. The summed E-state index contributed by atoms with van der Waals surface area (Å²) in [6, 6.07) is 6.99. The van der Waals surface area contributed by atoms with Crippen molar-refractivity contribution in [1.29, 1.82) is 0 Å². The Bertz CT molecular complexity index is 655. The number of hydrogen-bond donors (Lipinski definition) is 2. The summed E-state index contributed by atoms with van der Waals surface area (Å²) < 4.78 is 10.5. The summed E-state index contributed by atoms with van der Waals surface area (Å²) in [5.74, 6) is 0.813. The van der Waals surface area contributed by atoms with Crippen LogP contribution in [-0.4, -0.2) is 35.9 Å². The summed E-state index contributed by atoms with van der Waals surface area (Å²) in [4.78, 5) is 11.7. The first-order chi connectivity index (χ1) is 10.5. The number of anilines is 1. The summed E-state index contributed by atoms with van der Waals surface area (Å²) >= 11 is 6.01. The largest absolute Gasteiger partial charge is 0.496 e. The standard InChI is InChI=1S/C15H18ClN3O3/c1-9(2)22-8-15(20)17-14-7-12(18-19-14)11-6-10(16)4-5-13(11)21-3/h4-7,9H,8H2,1-3H3,(H2,17,18,19,20). The van der Waals surface area contributed by atoms with E-state index in [9.17, 15) is 4.79 Å². The fourth-order valence-electron chi connectivity index (χ4n) is 1.84. The Labute approximate surface area is 133 Å². The molecule has 0 aliphatic carbocycles. The average Bonchev–Trinajstić information content (AvgIpc) is 2.93. The van der Waals surface area contributed by atoms with Gasteiger partial charge >= 0.3 is 0 Å². The fourth-order valence-corrected chi connectivity index (χ4v) is 2.01. The fraction of sp³-hybridized carbons (Fsp3) is 0.333. The molecule has 1 aromatic heterocycles. The zero-order valence-electron chi connectivity index (χ0n) is 12.6. The van der Waals surface area contributed by atoms with Gasteiger partial charge in [0.1, 0.15) is 12.4 Å². The quantitative estimate of drug-likeness (QED) is 0.856. The maximum Gasteiger partial charge on any atom is 0.251 e. The molecule has 1 aromatic carbocycles.